The van der Waals surface area contributed by atoms with Gasteiger partial charge in [-0.1, -0.05) is 0 Å². The van der Waals surface area contributed by atoms with E-state index in [1.54, 1.807) is 12.4 Å². The Kier molecular flexibility index (Phi) is 4.07. The highest BCUT2D eigenvalue weighted by Crippen LogP contribution is 2.08. The molecular formula is C11H19N5. The Morgan fingerprint density at radius 3 is 2.50 bits per heavy atom. The predicted octanol–water partition coefficient (Wildman–Crippen LogP) is -0.182. The van der Waals surface area contributed by atoms with Crippen molar-refractivity contribution in [2.24, 2.45) is 0 Å². The van der Waals surface area contributed by atoms with Gasteiger partial charge >= 0.3 is 0 Å². The van der Waals surface area contributed by atoms with E-state index in [2.05, 4.69) is 25.1 Å². The van der Waals surface area contributed by atoms with Crippen molar-refractivity contribution in [1.29, 1.82) is 0 Å². The minimum absolute atomic E-state index is 0.857. The first kappa shape index (κ1) is 11.3. The zero-order valence-electron chi connectivity index (χ0n) is 9.76. The molecule has 0 amide bonds. The van der Waals surface area contributed by atoms with Crippen molar-refractivity contribution < 1.29 is 0 Å². The second-order valence-electron chi connectivity index (χ2n) is 3.98. The summed E-state index contributed by atoms with van der Waals surface area (Å²) in [5.41, 5.74) is 0. The summed E-state index contributed by atoms with van der Waals surface area (Å²) < 4.78 is 0. The lowest BCUT2D eigenvalue weighted by atomic mass is 10.3. The summed E-state index contributed by atoms with van der Waals surface area (Å²) in [5.74, 6) is 0.857. The third-order valence-corrected chi connectivity index (χ3v) is 2.89. The predicted molar refractivity (Wildman–Crippen MR) is 64.6 cm³/mol. The highest BCUT2D eigenvalue weighted by atomic mass is 15.3. The van der Waals surface area contributed by atoms with E-state index in [-0.39, 0.29) is 0 Å². The minimum Gasteiger partial charge on any atom is -0.338 e. The summed E-state index contributed by atoms with van der Waals surface area (Å²) in [6.07, 6.45) is 3.60. The van der Waals surface area contributed by atoms with Gasteiger partial charge in [0.15, 0.2) is 0 Å². The fraction of sp³-hybridized carbons (Fsp3) is 0.636. The van der Waals surface area contributed by atoms with Crippen molar-refractivity contribution in [3.63, 3.8) is 0 Å². The fourth-order valence-corrected chi connectivity index (χ4v) is 1.90. The van der Waals surface area contributed by atoms with Gasteiger partial charge in [0.1, 0.15) is 0 Å². The molecule has 0 aromatic carbocycles. The average molecular weight is 221 g/mol. The molecule has 0 spiro atoms. The maximum absolute atomic E-state index is 4.27. The van der Waals surface area contributed by atoms with Crippen molar-refractivity contribution in [3.8, 4) is 0 Å². The Bertz CT molecular complexity index is 295. The standard InChI is InChI=1S/C11H19N5/c1-12-5-6-15-7-9-16(10-8-15)11-13-3-2-4-14-11/h2-4,12H,5-10H2,1H3. The van der Waals surface area contributed by atoms with Crippen LogP contribution in [-0.4, -0.2) is 61.2 Å². The number of rotatable bonds is 4. The van der Waals surface area contributed by atoms with E-state index in [0.29, 0.717) is 0 Å². The Morgan fingerprint density at radius 1 is 1.19 bits per heavy atom. The van der Waals surface area contributed by atoms with Crippen LogP contribution in [0.3, 0.4) is 0 Å². The smallest absolute Gasteiger partial charge is 0.225 e. The molecular weight excluding hydrogens is 202 g/mol. The number of hydrogen-bond acceptors (Lipinski definition) is 5. The molecule has 1 aromatic heterocycles. The van der Waals surface area contributed by atoms with Crippen molar-refractivity contribution in [2.75, 3.05) is 51.2 Å². The van der Waals surface area contributed by atoms with E-state index in [1.807, 2.05) is 13.1 Å². The zero-order chi connectivity index (χ0) is 11.2. The lowest BCUT2D eigenvalue weighted by Gasteiger charge is -2.34. The van der Waals surface area contributed by atoms with Gasteiger partial charge in [-0.2, -0.15) is 0 Å². The van der Waals surface area contributed by atoms with Crippen LogP contribution in [0, 0.1) is 0 Å². The summed E-state index contributed by atoms with van der Waals surface area (Å²) >= 11 is 0. The Hall–Kier alpha value is -1.20. The lowest BCUT2D eigenvalue weighted by Crippen LogP contribution is -2.48. The maximum atomic E-state index is 4.27. The molecule has 0 atom stereocenters. The van der Waals surface area contributed by atoms with Crippen LogP contribution >= 0.6 is 0 Å². The van der Waals surface area contributed by atoms with Crippen molar-refractivity contribution in [2.45, 2.75) is 0 Å². The molecule has 2 heterocycles. The van der Waals surface area contributed by atoms with Gasteiger partial charge in [-0.3, -0.25) is 4.90 Å². The van der Waals surface area contributed by atoms with Crippen LogP contribution < -0.4 is 10.2 Å². The van der Waals surface area contributed by atoms with Gasteiger partial charge < -0.3 is 10.2 Å². The van der Waals surface area contributed by atoms with Gasteiger partial charge in [0, 0.05) is 51.7 Å². The van der Waals surface area contributed by atoms with Crippen LogP contribution in [0.25, 0.3) is 0 Å². The first-order valence-electron chi connectivity index (χ1n) is 5.79. The van der Waals surface area contributed by atoms with E-state index >= 15 is 0 Å². The topological polar surface area (TPSA) is 44.3 Å². The summed E-state index contributed by atoms with van der Waals surface area (Å²) in [6, 6.07) is 1.85. The molecule has 0 saturated carbocycles. The monoisotopic (exact) mass is 221 g/mol. The third kappa shape index (κ3) is 2.90. The van der Waals surface area contributed by atoms with Gasteiger partial charge in [0.05, 0.1) is 0 Å². The quantitative estimate of drug-likeness (QED) is 0.764. The molecule has 16 heavy (non-hydrogen) atoms. The lowest BCUT2D eigenvalue weighted by molar-refractivity contribution is 0.258. The molecule has 0 unspecified atom stereocenters. The molecule has 0 radical (unpaired) electrons. The second kappa shape index (κ2) is 5.77. The van der Waals surface area contributed by atoms with Crippen LogP contribution in [0.5, 0.6) is 0 Å². The number of likely N-dealkylation sites (N-methyl/N-ethyl adjacent to an activating group) is 1. The van der Waals surface area contributed by atoms with E-state index < -0.39 is 0 Å². The molecule has 0 aliphatic carbocycles. The van der Waals surface area contributed by atoms with Crippen LogP contribution in [0.2, 0.25) is 0 Å². The van der Waals surface area contributed by atoms with Crippen molar-refractivity contribution in [1.82, 2.24) is 20.2 Å². The number of nitrogens with one attached hydrogen (secondary N) is 1. The molecule has 1 fully saturated rings. The first-order chi connectivity index (χ1) is 7.90. The largest absolute Gasteiger partial charge is 0.338 e. The molecule has 1 saturated heterocycles. The van der Waals surface area contributed by atoms with E-state index in [1.165, 1.54) is 0 Å². The number of hydrogen-bond donors (Lipinski definition) is 1. The van der Waals surface area contributed by atoms with Crippen molar-refractivity contribution >= 4 is 5.95 Å². The van der Waals surface area contributed by atoms with E-state index in [0.717, 1.165) is 45.2 Å². The molecule has 0 bridgehead atoms. The Labute approximate surface area is 96.5 Å². The molecule has 5 nitrogen and oxygen atoms in total. The second-order valence-corrected chi connectivity index (χ2v) is 3.98. The number of nitrogens with zero attached hydrogens (tertiary/aromatic N) is 4. The Balaban J connectivity index is 1.81. The summed E-state index contributed by atoms with van der Waals surface area (Å²) in [7, 11) is 1.99. The van der Waals surface area contributed by atoms with Gasteiger partial charge in [0.2, 0.25) is 5.95 Å². The maximum Gasteiger partial charge on any atom is 0.225 e. The summed E-state index contributed by atoms with van der Waals surface area (Å²) in [4.78, 5) is 13.3. The van der Waals surface area contributed by atoms with Crippen LogP contribution in [-0.2, 0) is 0 Å². The fourth-order valence-electron chi connectivity index (χ4n) is 1.90. The van der Waals surface area contributed by atoms with Gasteiger partial charge in [-0.15, -0.1) is 0 Å². The first-order valence-corrected chi connectivity index (χ1v) is 5.79. The zero-order valence-corrected chi connectivity index (χ0v) is 9.76. The van der Waals surface area contributed by atoms with E-state index in [4.69, 9.17) is 0 Å². The van der Waals surface area contributed by atoms with Crippen LogP contribution in [0.4, 0.5) is 5.95 Å². The highest BCUT2D eigenvalue weighted by molar-refractivity contribution is 5.29. The third-order valence-electron chi connectivity index (χ3n) is 2.89. The molecule has 1 N–H and O–H groups in total. The molecule has 88 valence electrons. The molecule has 2 rings (SSSR count). The Morgan fingerprint density at radius 2 is 1.88 bits per heavy atom. The molecule has 1 aliphatic rings. The summed E-state index contributed by atoms with van der Waals surface area (Å²) in [5, 5.41) is 3.18. The molecule has 1 aliphatic heterocycles. The van der Waals surface area contributed by atoms with Gasteiger partial charge in [-0.25, -0.2) is 9.97 Å². The van der Waals surface area contributed by atoms with Crippen LogP contribution in [0.15, 0.2) is 18.5 Å². The number of aromatic nitrogens is 2. The number of anilines is 1. The van der Waals surface area contributed by atoms with Gasteiger partial charge in [0.25, 0.3) is 0 Å². The van der Waals surface area contributed by atoms with Crippen molar-refractivity contribution in [3.05, 3.63) is 18.5 Å². The highest BCUT2D eigenvalue weighted by Gasteiger charge is 2.17. The SMILES string of the molecule is CNCCN1CCN(c2ncccn2)CC1. The number of piperazine rings is 1. The summed E-state index contributed by atoms with van der Waals surface area (Å²) in [6.45, 7) is 6.42. The molecule has 1 aromatic rings. The average Bonchev–Trinajstić information content (AvgIpc) is 2.38. The van der Waals surface area contributed by atoms with Gasteiger partial charge in [-0.05, 0) is 13.1 Å². The normalized spacial score (nSPS) is 17.7. The van der Waals surface area contributed by atoms with Crippen LogP contribution in [0.1, 0.15) is 0 Å². The molecule has 5 heteroatoms. The van der Waals surface area contributed by atoms with E-state index in [9.17, 15) is 0 Å². The minimum atomic E-state index is 0.857.